The van der Waals surface area contributed by atoms with E-state index < -0.39 is 0 Å². The summed E-state index contributed by atoms with van der Waals surface area (Å²) in [6.45, 7) is 8.46. The minimum absolute atomic E-state index is 0.0129. The minimum atomic E-state index is 0.0129. The lowest BCUT2D eigenvalue weighted by Gasteiger charge is -2.30. The normalized spacial score (nSPS) is 30.7. The van der Waals surface area contributed by atoms with E-state index in [1.807, 2.05) is 0 Å². The summed E-state index contributed by atoms with van der Waals surface area (Å²) in [5.41, 5.74) is 5.95. The highest BCUT2D eigenvalue weighted by atomic mass is 16.5. The van der Waals surface area contributed by atoms with Crippen molar-refractivity contribution in [2.45, 2.75) is 71.3 Å². The molecular weight excluding hydrogens is 210 g/mol. The summed E-state index contributed by atoms with van der Waals surface area (Å²) in [5.74, 6) is 1.52. The molecule has 0 radical (unpaired) electrons. The molecule has 1 aliphatic rings. The molecule has 2 nitrogen and oxygen atoms in total. The molecule has 0 heterocycles. The average Bonchev–Trinajstić information content (AvgIpc) is 2.72. The Morgan fingerprint density at radius 2 is 2.18 bits per heavy atom. The molecule has 1 aliphatic carbocycles. The van der Waals surface area contributed by atoms with Crippen molar-refractivity contribution in [1.82, 2.24) is 0 Å². The zero-order chi connectivity index (χ0) is 12.7. The van der Waals surface area contributed by atoms with Gasteiger partial charge in [0.1, 0.15) is 0 Å². The summed E-state index contributed by atoms with van der Waals surface area (Å²) in [5, 5.41) is 0. The van der Waals surface area contributed by atoms with E-state index in [1.54, 1.807) is 0 Å². The van der Waals surface area contributed by atoms with Gasteiger partial charge in [0, 0.05) is 6.54 Å². The van der Waals surface area contributed by atoms with E-state index >= 15 is 0 Å². The Morgan fingerprint density at radius 3 is 2.65 bits per heavy atom. The molecule has 1 fully saturated rings. The molecule has 1 rings (SSSR count). The summed E-state index contributed by atoms with van der Waals surface area (Å²) in [6, 6.07) is 0. The van der Waals surface area contributed by atoms with Crippen LogP contribution in [0.3, 0.4) is 0 Å². The highest BCUT2D eigenvalue weighted by molar-refractivity contribution is 4.90. The van der Waals surface area contributed by atoms with Gasteiger partial charge in [-0.3, -0.25) is 0 Å². The van der Waals surface area contributed by atoms with Crippen molar-refractivity contribution in [1.29, 1.82) is 0 Å². The van der Waals surface area contributed by atoms with Gasteiger partial charge in [-0.15, -0.1) is 0 Å². The molecule has 17 heavy (non-hydrogen) atoms. The lowest BCUT2D eigenvalue weighted by molar-refractivity contribution is -0.0537. The maximum absolute atomic E-state index is 6.24. The Balaban J connectivity index is 2.35. The molecular formula is C15H31NO. The number of hydrogen-bond acceptors (Lipinski definition) is 2. The zero-order valence-corrected chi connectivity index (χ0v) is 12.0. The van der Waals surface area contributed by atoms with Crippen LogP contribution in [0.2, 0.25) is 0 Å². The van der Waals surface area contributed by atoms with Crippen LogP contribution in [0.25, 0.3) is 0 Å². The molecule has 3 unspecified atom stereocenters. The number of rotatable bonds is 8. The van der Waals surface area contributed by atoms with Gasteiger partial charge in [-0.1, -0.05) is 40.0 Å². The van der Waals surface area contributed by atoms with Crippen molar-refractivity contribution in [3.63, 3.8) is 0 Å². The maximum atomic E-state index is 6.24. The van der Waals surface area contributed by atoms with Crippen LogP contribution < -0.4 is 5.73 Å². The van der Waals surface area contributed by atoms with Crippen molar-refractivity contribution < 1.29 is 4.74 Å². The van der Waals surface area contributed by atoms with E-state index in [0.29, 0.717) is 6.54 Å². The van der Waals surface area contributed by atoms with Crippen LogP contribution in [-0.4, -0.2) is 18.8 Å². The Kier molecular flexibility index (Phi) is 6.50. The summed E-state index contributed by atoms with van der Waals surface area (Å²) in [6.07, 6.45) is 8.76. The number of hydrogen-bond donors (Lipinski definition) is 1. The lowest BCUT2D eigenvalue weighted by Crippen LogP contribution is -2.39. The molecule has 0 amide bonds. The van der Waals surface area contributed by atoms with Crippen molar-refractivity contribution in [2.24, 2.45) is 17.6 Å². The van der Waals surface area contributed by atoms with Gasteiger partial charge in [0.2, 0.25) is 0 Å². The Hall–Kier alpha value is -0.0800. The Morgan fingerprint density at radius 1 is 1.41 bits per heavy atom. The Bertz CT molecular complexity index is 207. The van der Waals surface area contributed by atoms with E-state index in [9.17, 15) is 0 Å². The third-order valence-electron chi connectivity index (χ3n) is 4.35. The summed E-state index contributed by atoms with van der Waals surface area (Å²) in [7, 11) is 0. The maximum Gasteiger partial charge on any atom is 0.0806 e. The number of nitrogens with two attached hydrogens (primary N) is 1. The van der Waals surface area contributed by atoms with Crippen LogP contribution in [-0.2, 0) is 4.74 Å². The first-order valence-corrected chi connectivity index (χ1v) is 7.49. The molecule has 102 valence electrons. The monoisotopic (exact) mass is 241 g/mol. The summed E-state index contributed by atoms with van der Waals surface area (Å²) >= 11 is 0. The molecule has 3 atom stereocenters. The van der Waals surface area contributed by atoms with Crippen LogP contribution in [0.5, 0.6) is 0 Å². The Labute approximate surface area is 107 Å². The second-order valence-corrected chi connectivity index (χ2v) is 5.96. The van der Waals surface area contributed by atoms with Gasteiger partial charge in [-0.2, -0.15) is 0 Å². The van der Waals surface area contributed by atoms with Gasteiger partial charge in [0.25, 0.3) is 0 Å². The fourth-order valence-corrected chi connectivity index (χ4v) is 2.92. The molecule has 2 heteroatoms. The first-order chi connectivity index (χ1) is 8.15. The van der Waals surface area contributed by atoms with Gasteiger partial charge >= 0.3 is 0 Å². The number of ether oxygens (including phenoxy) is 1. The smallest absolute Gasteiger partial charge is 0.0806 e. The predicted octanol–water partition coefficient (Wildman–Crippen LogP) is 3.74. The average molecular weight is 241 g/mol. The first kappa shape index (κ1) is 15.0. The molecule has 0 saturated heterocycles. The minimum Gasteiger partial charge on any atom is -0.373 e. The zero-order valence-electron chi connectivity index (χ0n) is 12.0. The molecule has 1 saturated carbocycles. The lowest BCUT2D eigenvalue weighted by atomic mass is 9.98. The highest BCUT2D eigenvalue weighted by Crippen LogP contribution is 2.37. The topological polar surface area (TPSA) is 35.2 Å². The van der Waals surface area contributed by atoms with E-state index in [4.69, 9.17) is 10.5 Å². The van der Waals surface area contributed by atoms with Gasteiger partial charge in [-0.05, 0) is 37.5 Å². The third-order valence-corrected chi connectivity index (χ3v) is 4.35. The number of unbranched alkanes of at least 4 members (excludes halogenated alkanes) is 1. The van der Waals surface area contributed by atoms with Gasteiger partial charge < -0.3 is 10.5 Å². The van der Waals surface area contributed by atoms with Crippen molar-refractivity contribution >= 4 is 0 Å². The SMILES string of the molecule is CCCCC(CC)COC1(CN)CCC(C)C1. The predicted molar refractivity (Wildman–Crippen MR) is 74.1 cm³/mol. The molecule has 2 N–H and O–H groups in total. The van der Waals surface area contributed by atoms with Crippen LogP contribution in [0, 0.1) is 11.8 Å². The van der Waals surface area contributed by atoms with Crippen LogP contribution in [0.1, 0.15) is 65.7 Å². The summed E-state index contributed by atoms with van der Waals surface area (Å²) < 4.78 is 6.24. The van der Waals surface area contributed by atoms with E-state index in [1.165, 1.54) is 32.1 Å². The van der Waals surface area contributed by atoms with Gasteiger partial charge in [-0.25, -0.2) is 0 Å². The summed E-state index contributed by atoms with van der Waals surface area (Å²) in [4.78, 5) is 0. The van der Waals surface area contributed by atoms with Crippen molar-refractivity contribution in [2.75, 3.05) is 13.2 Å². The van der Waals surface area contributed by atoms with Crippen LogP contribution >= 0.6 is 0 Å². The molecule has 0 aliphatic heterocycles. The molecule has 0 aromatic rings. The van der Waals surface area contributed by atoms with E-state index in [2.05, 4.69) is 20.8 Å². The van der Waals surface area contributed by atoms with E-state index in [0.717, 1.165) is 31.3 Å². The molecule has 0 aromatic carbocycles. The fourth-order valence-electron chi connectivity index (χ4n) is 2.92. The van der Waals surface area contributed by atoms with Crippen LogP contribution in [0.4, 0.5) is 0 Å². The van der Waals surface area contributed by atoms with Crippen molar-refractivity contribution in [3.05, 3.63) is 0 Å². The molecule has 0 bridgehead atoms. The second kappa shape index (κ2) is 7.38. The molecule has 0 aromatic heterocycles. The van der Waals surface area contributed by atoms with Crippen LogP contribution in [0.15, 0.2) is 0 Å². The first-order valence-electron chi connectivity index (χ1n) is 7.49. The molecule has 0 spiro atoms. The van der Waals surface area contributed by atoms with Gasteiger partial charge in [0.15, 0.2) is 0 Å². The highest BCUT2D eigenvalue weighted by Gasteiger charge is 2.37. The second-order valence-electron chi connectivity index (χ2n) is 5.96. The van der Waals surface area contributed by atoms with Gasteiger partial charge in [0.05, 0.1) is 12.2 Å². The van der Waals surface area contributed by atoms with E-state index in [-0.39, 0.29) is 5.60 Å². The third kappa shape index (κ3) is 4.59. The van der Waals surface area contributed by atoms with Crippen molar-refractivity contribution in [3.8, 4) is 0 Å². The standard InChI is InChI=1S/C15H31NO/c1-4-6-7-14(5-2)11-17-15(12-16)9-8-13(3)10-15/h13-14H,4-12,16H2,1-3H3. The quantitative estimate of drug-likeness (QED) is 0.702. The largest absolute Gasteiger partial charge is 0.373 e. The fraction of sp³-hybridized carbons (Fsp3) is 1.00.